The summed E-state index contributed by atoms with van der Waals surface area (Å²) >= 11 is 3.49. The molecule has 2 aromatic carbocycles. The largest absolute Gasteiger partial charge is 0.0952 e. The lowest BCUT2D eigenvalue weighted by Crippen LogP contribution is -1.86. The molecule has 0 heterocycles. The molecule has 0 atom stereocenters. The number of hydrogen-bond donors (Lipinski definition) is 0. The molecule has 21 heavy (non-hydrogen) atoms. The Morgan fingerprint density at radius 3 is 2.43 bits per heavy atom. The Labute approximate surface area is 137 Å². The second-order valence-electron chi connectivity index (χ2n) is 5.47. The average molecular weight is 343 g/mol. The number of unbranched alkanes of at least 4 members (excludes halogenated alkanes) is 2. The minimum absolute atomic E-state index is 0.904. The smallest absolute Gasteiger partial charge is 0.0283 e. The summed E-state index contributed by atoms with van der Waals surface area (Å²) in [5.41, 5.74) is 6.36. The molecule has 0 fully saturated rings. The van der Waals surface area contributed by atoms with E-state index in [-0.39, 0.29) is 0 Å². The maximum atomic E-state index is 4.25. The van der Waals surface area contributed by atoms with Crippen molar-refractivity contribution in [3.05, 3.63) is 66.2 Å². The summed E-state index contributed by atoms with van der Waals surface area (Å²) in [6, 6.07) is 17.5. The molecular weight excluding hydrogens is 320 g/mol. The zero-order chi connectivity index (χ0) is 15.1. The highest BCUT2D eigenvalue weighted by atomic mass is 79.9. The van der Waals surface area contributed by atoms with Gasteiger partial charge >= 0.3 is 0 Å². The van der Waals surface area contributed by atoms with Gasteiger partial charge in [0.2, 0.25) is 0 Å². The van der Waals surface area contributed by atoms with Crippen LogP contribution in [-0.2, 0) is 5.33 Å². The number of benzene rings is 2. The highest BCUT2D eigenvalue weighted by Crippen LogP contribution is 2.26. The second-order valence-corrected chi connectivity index (χ2v) is 6.03. The fourth-order valence-electron chi connectivity index (χ4n) is 2.44. The Bertz CT molecular complexity index is 581. The molecule has 0 saturated carbocycles. The van der Waals surface area contributed by atoms with Crippen LogP contribution in [0.15, 0.2) is 55.1 Å². The Balaban J connectivity index is 2.14. The van der Waals surface area contributed by atoms with Gasteiger partial charge < -0.3 is 0 Å². The summed E-state index contributed by atoms with van der Waals surface area (Å²) in [5, 5.41) is 0.904. The van der Waals surface area contributed by atoms with Crippen LogP contribution in [0, 0.1) is 0 Å². The van der Waals surface area contributed by atoms with Gasteiger partial charge in [0.15, 0.2) is 0 Å². The number of rotatable bonds is 7. The Hall–Kier alpha value is -1.34. The van der Waals surface area contributed by atoms with Crippen molar-refractivity contribution in [2.24, 2.45) is 0 Å². The lowest BCUT2D eigenvalue weighted by atomic mass is 9.96. The van der Waals surface area contributed by atoms with Gasteiger partial charge in [0.25, 0.3) is 0 Å². The third-order valence-corrected chi connectivity index (χ3v) is 4.44. The molecule has 0 aliphatic heterocycles. The minimum Gasteiger partial charge on any atom is -0.0952 e. The molecule has 0 aromatic heterocycles. The van der Waals surface area contributed by atoms with E-state index in [1.54, 1.807) is 0 Å². The second kappa shape index (κ2) is 8.19. The summed E-state index contributed by atoms with van der Waals surface area (Å²) < 4.78 is 0. The van der Waals surface area contributed by atoms with E-state index in [9.17, 15) is 0 Å². The average Bonchev–Trinajstić information content (AvgIpc) is 2.55. The third kappa shape index (κ3) is 4.57. The molecule has 2 rings (SSSR count). The van der Waals surface area contributed by atoms with Crippen LogP contribution in [-0.4, -0.2) is 0 Å². The zero-order valence-electron chi connectivity index (χ0n) is 12.7. The maximum absolute atomic E-state index is 4.25. The van der Waals surface area contributed by atoms with Crippen LogP contribution in [0.5, 0.6) is 0 Å². The van der Waals surface area contributed by atoms with Crippen molar-refractivity contribution < 1.29 is 0 Å². The van der Waals surface area contributed by atoms with Crippen molar-refractivity contribution in [1.29, 1.82) is 0 Å². The topological polar surface area (TPSA) is 0 Å². The first kappa shape index (κ1) is 16.0. The molecule has 1 heteroatoms. The third-order valence-electron chi connectivity index (χ3n) is 3.79. The van der Waals surface area contributed by atoms with Crippen LogP contribution in [0.4, 0.5) is 0 Å². The van der Waals surface area contributed by atoms with Gasteiger partial charge in [-0.1, -0.05) is 84.7 Å². The van der Waals surface area contributed by atoms with Crippen LogP contribution in [0.2, 0.25) is 0 Å². The van der Waals surface area contributed by atoms with Gasteiger partial charge in [-0.2, -0.15) is 0 Å². The zero-order valence-corrected chi connectivity index (χ0v) is 14.3. The van der Waals surface area contributed by atoms with E-state index in [0.29, 0.717) is 0 Å². The first-order valence-electron chi connectivity index (χ1n) is 7.68. The SMILES string of the molecule is C=C(CCCCC)c1cccc(-c2ccc(CBr)cc2)c1. The molecule has 2 aromatic rings. The molecule has 0 amide bonds. The summed E-state index contributed by atoms with van der Waals surface area (Å²) in [6.07, 6.45) is 4.87. The van der Waals surface area contributed by atoms with Crippen molar-refractivity contribution in [3.63, 3.8) is 0 Å². The number of alkyl halides is 1. The van der Waals surface area contributed by atoms with Gasteiger partial charge in [-0.05, 0) is 46.7 Å². The Morgan fingerprint density at radius 2 is 1.76 bits per heavy atom. The van der Waals surface area contributed by atoms with E-state index < -0.39 is 0 Å². The monoisotopic (exact) mass is 342 g/mol. The molecule has 0 bridgehead atoms. The van der Waals surface area contributed by atoms with E-state index >= 15 is 0 Å². The lowest BCUT2D eigenvalue weighted by molar-refractivity contribution is 0.736. The number of hydrogen-bond acceptors (Lipinski definition) is 0. The molecule has 0 unspecified atom stereocenters. The van der Waals surface area contributed by atoms with Crippen LogP contribution in [0.3, 0.4) is 0 Å². The molecule has 0 radical (unpaired) electrons. The predicted octanol–water partition coefficient (Wildman–Crippen LogP) is 6.84. The molecule has 0 aliphatic carbocycles. The van der Waals surface area contributed by atoms with E-state index in [2.05, 4.69) is 78.0 Å². The molecule has 0 spiro atoms. The van der Waals surface area contributed by atoms with Gasteiger partial charge in [-0.25, -0.2) is 0 Å². The number of allylic oxidation sites excluding steroid dienone is 1. The van der Waals surface area contributed by atoms with Gasteiger partial charge in [0, 0.05) is 5.33 Å². The summed E-state index contributed by atoms with van der Waals surface area (Å²) in [7, 11) is 0. The summed E-state index contributed by atoms with van der Waals surface area (Å²) in [5.74, 6) is 0. The molecule has 110 valence electrons. The van der Waals surface area contributed by atoms with E-state index in [4.69, 9.17) is 0 Å². The van der Waals surface area contributed by atoms with Gasteiger partial charge in [-0.15, -0.1) is 0 Å². The van der Waals surface area contributed by atoms with E-state index in [1.807, 2.05) is 0 Å². The quantitative estimate of drug-likeness (QED) is 0.381. The van der Waals surface area contributed by atoms with Gasteiger partial charge in [0.1, 0.15) is 0 Å². The fraction of sp³-hybridized carbons (Fsp3) is 0.300. The number of halogens is 1. The molecule has 0 saturated heterocycles. The normalized spacial score (nSPS) is 10.6. The van der Waals surface area contributed by atoms with Crippen LogP contribution < -0.4 is 0 Å². The van der Waals surface area contributed by atoms with Crippen molar-refractivity contribution in [2.75, 3.05) is 0 Å². The van der Waals surface area contributed by atoms with Crippen molar-refractivity contribution in [1.82, 2.24) is 0 Å². The first-order chi connectivity index (χ1) is 10.2. The van der Waals surface area contributed by atoms with Crippen LogP contribution in [0.25, 0.3) is 16.7 Å². The van der Waals surface area contributed by atoms with Gasteiger partial charge in [-0.3, -0.25) is 0 Å². The standard InChI is InChI=1S/C20H23Br/c1-3-4-5-7-16(2)19-8-6-9-20(14-19)18-12-10-17(15-21)11-13-18/h6,8-14H,2-5,7,15H2,1H3. The minimum atomic E-state index is 0.904. The first-order valence-corrected chi connectivity index (χ1v) is 8.80. The Kier molecular flexibility index (Phi) is 6.25. The lowest BCUT2D eigenvalue weighted by Gasteiger charge is -2.09. The van der Waals surface area contributed by atoms with Crippen molar-refractivity contribution >= 4 is 21.5 Å². The van der Waals surface area contributed by atoms with Crippen LogP contribution in [0.1, 0.15) is 43.7 Å². The molecule has 0 N–H and O–H groups in total. The van der Waals surface area contributed by atoms with Gasteiger partial charge in [0.05, 0.1) is 0 Å². The molecular formula is C20H23Br. The highest BCUT2D eigenvalue weighted by Gasteiger charge is 2.03. The Morgan fingerprint density at radius 1 is 1.00 bits per heavy atom. The highest BCUT2D eigenvalue weighted by molar-refractivity contribution is 9.08. The van der Waals surface area contributed by atoms with E-state index in [0.717, 1.165) is 11.8 Å². The summed E-state index contributed by atoms with van der Waals surface area (Å²) in [6.45, 7) is 6.49. The van der Waals surface area contributed by atoms with Crippen molar-refractivity contribution in [3.8, 4) is 11.1 Å². The van der Waals surface area contributed by atoms with Crippen molar-refractivity contribution in [2.45, 2.75) is 37.9 Å². The molecule has 0 aliphatic rings. The maximum Gasteiger partial charge on any atom is 0.0283 e. The summed E-state index contributed by atoms with van der Waals surface area (Å²) in [4.78, 5) is 0. The van der Waals surface area contributed by atoms with E-state index in [1.165, 1.54) is 47.1 Å². The van der Waals surface area contributed by atoms with Crippen LogP contribution >= 0.6 is 15.9 Å². The predicted molar refractivity (Wildman–Crippen MR) is 97.7 cm³/mol. The molecule has 0 nitrogen and oxygen atoms in total. The fourth-order valence-corrected chi connectivity index (χ4v) is 2.81.